The van der Waals surface area contributed by atoms with Crippen LogP contribution in [0.25, 0.3) is 6.08 Å². The Kier molecular flexibility index (Phi) is 6.66. The monoisotopic (exact) mass is 425 g/mol. The predicted molar refractivity (Wildman–Crippen MR) is 121 cm³/mol. The minimum absolute atomic E-state index is 0.211. The van der Waals surface area contributed by atoms with Gasteiger partial charge >= 0.3 is 11.8 Å². The van der Waals surface area contributed by atoms with Crippen LogP contribution in [-0.4, -0.2) is 39.3 Å². The van der Waals surface area contributed by atoms with Crippen LogP contribution in [0.2, 0.25) is 0 Å². The molecule has 0 saturated carbocycles. The molecule has 0 aromatic carbocycles. The van der Waals surface area contributed by atoms with Crippen LogP contribution >= 0.6 is 11.3 Å². The summed E-state index contributed by atoms with van der Waals surface area (Å²) in [4.78, 5) is 36.5. The number of nitrogens with two attached hydrogens (primary N) is 1. The van der Waals surface area contributed by atoms with Crippen molar-refractivity contribution in [3.8, 4) is 0 Å². The van der Waals surface area contributed by atoms with Crippen LogP contribution < -0.4 is 11.1 Å². The molecular weight excluding hydrogens is 398 g/mol. The normalized spacial score (nSPS) is 16.6. The molecule has 0 radical (unpaired) electrons. The van der Waals surface area contributed by atoms with Gasteiger partial charge in [0.15, 0.2) is 5.13 Å². The summed E-state index contributed by atoms with van der Waals surface area (Å²) in [6.07, 6.45) is 7.99. The first kappa shape index (κ1) is 21.7. The second kappa shape index (κ2) is 9.21. The van der Waals surface area contributed by atoms with Gasteiger partial charge in [0, 0.05) is 12.2 Å². The highest BCUT2D eigenvalue weighted by molar-refractivity contribution is 7.16. The summed E-state index contributed by atoms with van der Waals surface area (Å²) in [6, 6.07) is 1.60. The molecule has 3 heterocycles. The number of anilines is 2. The number of thiazole rings is 1. The maximum absolute atomic E-state index is 12.9. The fraction of sp³-hybridized carbons (Fsp3) is 0.364. The lowest BCUT2D eigenvalue weighted by Gasteiger charge is -2.35. The van der Waals surface area contributed by atoms with Gasteiger partial charge in [0.05, 0.1) is 28.5 Å². The predicted octanol–water partition coefficient (Wildman–Crippen LogP) is 3.63. The quantitative estimate of drug-likeness (QED) is 0.575. The smallest absolute Gasteiger partial charge is 0.313 e. The van der Waals surface area contributed by atoms with Gasteiger partial charge in [0.2, 0.25) is 0 Å². The third kappa shape index (κ3) is 4.94. The molecule has 1 aliphatic rings. The number of hydrogen-bond donors (Lipinski definition) is 2. The second-order valence-corrected chi connectivity index (χ2v) is 8.56. The number of aryl methyl sites for hydroxylation is 3. The van der Waals surface area contributed by atoms with E-state index in [-0.39, 0.29) is 6.04 Å². The van der Waals surface area contributed by atoms with Crippen LogP contribution in [-0.2, 0) is 9.59 Å². The first-order chi connectivity index (χ1) is 14.3. The number of rotatable bonds is 4. The fourth-order valence-electron chi connectivity index (χ4n) is 3.46. The third-order valence-corrected chi connectivity index (χ3v) is 6.23. The van der Waals surface area contributed by atoms with Crippen LogP contribution in [0.3, 0.4) is 0 Å². The zero-order valence-corrected chi connectivity index (χ0v) is 18.4. The highest BCUT2D eigenvalue weighted by atomic mass is 32.1. The average Bonchev–Trinajstić information content (AvgIpc) is 3.05. The molecule has 0 aliphatic carbocycles. The zero-order valence-electron chi connectivity index (χ0n) is 17.6. The highest BCUT2D eigenvalue weighted by Crippen LogP contribution is 2.26. The number of nitrogens with zero attached hydrogens (tertiary/aromatic N) is 3. The molecule has 3 N–H and O–H groups in total. The zero-order chi connectivity index (χ0) is 21.8. The number of pyridine rings is 1. The number of nitrogens with one attached hydrogen (secondary N) is 1. The summed E-state index contributed by atoms with van der Waals surface area (Å²) in [5.41, 5.74) is 9.76. The van der Waals surface area contributed by atoms with E-state index < -0.39 is 11.8 Å². The summed E-state index contributed by atoms with van der Waals surface area (Å²) in [7, 11) is 0. The molecule has 0 spiro atoms. The van der Waals surface area contributed by atoms with Crippen LogP contribution in [0.1, 0.15) is 41.1 Å². The molecule has 2 aromatic rings. The van der Waals surface area contributed by atoms with Gasteiger partial charge in [-0.1, -0.05) is 24.0 Å². The number of piperidine rings is 1. The van der Waals surface area contributed by atoms with Crippen molar-refractivity contribution in [2.24, 2.45) is 0 Å². The summed E-state index contributed by atoms with van der Waals surface area (Å²) in [5, 5.41) is 3.19. The van der Waals surface area contributed by atoms with Gasteiger partial charge < -0.3 is 16.0 Å². The van der Waals surface area contributed by atoms with E-state index in [1.807, 2.05) is 39.0 Å². The molecule has 2 amide bonds. The molecule has 1 fully saturated rings. The lowest BCUT2D eigenvalue weighted by Crippen LogP contribution is -2.48. The van der Waals surface area contributed by atoms with E-state index in [0.29, 0.717) is 17.4 Å². The topological polar surface area (TPSA) is 101 Å². The Labute approximate surface area is 180 Å². The molecule has 8 heteroatoms. The number of amides is 2. The lowest BCUT2D eigenvalue weighted by atomic mass is 9.95. The second-order valence-electron chi connectivity index (χ2n) is 7.50. The van der Waals surface area contributed by atoms with Crippen molar-refractivity contribution in [3.63, 3.8) is 0 Å². The minimum atomic E-state index is -0.658. The van der Waals surface area contributed by atoms with E-state index in [9.17, 15) is 9.59 Å². The molecule has 1 aliphatic heterocycles. The molecule has 7 nitrogen and oxygen atoms in total. The molecule has 1 saturated heterocycles. The standard InChI is InChI=1S/C22H27N5O2S/c1-13(8-9-19-16(4)25-22(23)30-19)18-7-5-6-10-27(18)21(29)20(28)26-17-11-14(2)15(3)24-12-17/h8-9,11-12,18H,1,5-7,10H2,2-4H3,(H2,23,25)(H,26,28)/b9-8-/t18-/m0/s1. The SMILES string of the molecule is C=C(/C=C\c1sc(N)nc1C)[C@@H]1CCCCN1C(=O)C(=O)Nc1cnc(C)c(C)c1. The van der Waals surface area contributed by atoms with Gasteiger partial charge in [-0.3, -0.25) is 14.6 Å². The van der Waals surface area contributed by atoms with Crippen molar-refractivity contribution in [1.82, 2.24) is 14.9 Å². The number of aromatic nitrogens is 2. The van der Waals surface area contributed by atoms with Crippen molar-refractivity contribution in [1.29, 1.82) is 0 Å². The minimum Gasteiger partial charge on any atom is -0.375 e. The van der Waals surface area contributed by atoms with E-state index in [1.165, 1.54) is 11.3 Å². The van der Waals surface area contributed by atoms with E-state index in [4.69, 9.17) is 5.73 Å². The fourth-order valence-corrected chi connectivity index (χ4v) is 4.20. The number of likely N-dealkylation sites (tertiary alicyclic amines) is 1. The van der Waals surface area contributed by atoms with Gasteiger partial charge in [-0.25, -0.2) is 4.98 Å². The first-order valence-electron chi connectivity index (χ1n) is 9.91. The molecule has 3 rings (SSSR count). The Morgan fingerprint density at radius 2 is 2.07 bits per heavy atom. The van der Waals surface area contributed by atoms with Crippen molar-refractivity contribution in [2.45, 2.75) is 46.1 Å². The first-order valence-corrected chi connectivity index (χ1v) is 10.7. The summed E-state index contributed by atoms with van der Waals surface area (Å²) in [6.45, 7) is 10.4. The van der Waals surface area contributed by atoms with Crippen LogP contribution in [0, 0.1) is 20.8 Å². The number of carbonyl (C=O) groups is 2. The van der Waals surface area contributed by atoms with Crippen molar-refractivity contribution in [3.05, 3.63) is 52.3 Å². The Morgan fingerprint density at radius 3 is 2.73 bits per heavy atom. The Hall–Kier alpha value is -3.00. The van der Waals surface area contributed by atoms with E-state index in [0.717, 1.165) is 46.7 Å². The number of nitrogen functional groups attached to an aromatic ring is 1. The molecule has 0 unspecified atom stereocenters. The molecule has 0 bridgehead atoms. The molecule has 158 valence electrons. The largest absolute Gasteiger partial charge is 0.375 e. The number of carbonyl (C=O) groups excluding carboxylic acids is 2. The molecule has 2 aromatic heterocycles. The third-order valence-electron chi connectivity index (χ3n) is 5.28. The Morgan fingerprint density at radius 1 is 1.30 bits per heavy atom. The maximum atomic E-state index is 12.9. The van der Waals surface area contributed by atoms with Gasteiger partial charge in [-0.2, -0.15) is 0 Å². The highest BCUT2D eigenvalue weighted by Gasteiger charge is 2.31. The summed E-state index contributed by atoms with van der Waals surface area (Å²) in [5.74, 6) is -1.21. The average molecular weight is 426 g/mol. The molecule has 1 atom stereocenters. The van der Waals surface area contributed by atoms with E-state index in [2.05, 4.69) is 21.9 Å². The van der Waals surface area contributed by atoms with Crippen molar-refractivity contribution in [2.75, 3.05) is 17.6 Å². The molecular formula is C22H27N5O2S. The number of hydrogen-bond acceptors (Lipinski definition) is 6. The van der Waals surface area contributed by atoms with Crippen LogP contribution in [0.4, 0.5) is 10.8 Å². The maximum Gasteiger partial charge on any atom is 0.313 e. The van der Waals surface area contributed by atoms with Crippen LogP contribution in [0.15, 0.2) is 30.5 Å². The van der Waals surface area contributed by atoms with Crippen LogP contribution in [0.5, 0.6) is 0 Å². The van der Waals surface area contributed by atoms with E-state index in [1.54, 1.807) is 11.1 Å². The van der Waals surface area contributed by atoms with Crippen molar-refractivity contribution >= 4 is 40.0 Å². The van der Waals surface area contributed by atoms with Gasteiger partial charge in [0.25, 0.3) is 0 Å². The summed E-state index contributed by atoms with van der Waals surface area (Å²) < 4.78 is 0. The van der Waals surface area contributed by atoms with Crippen molar-refractivity contribution < 1.29 is 9.59 Å². The lowest BCUT2D eigenvalue weighted by molar-refractivity contribution is -0.145. The van der Waals surface area contributed by atoms with Gasteiger partial charge in [-0.05, 0) is 63.3 Å². The van der Waals surface area contributed by atoms with Gasteiger partial charge in [0.1, 0.15) is 0 Å². The Bertz CT molecular complexity index is 1010. The van der Waals surface area contributed by atoms with Gasteiger partial charge in [-0.15, -0.1) is 0 Å². The molecule has 30 heavy (non-hydrogen) atoms. The Balaban J connectivity index is 1.71. The van der Waals surface area contributed by atoms with E-state index >= 15 is 0 Å². The summed E-state index contributed by atoms with van der Waals surface area (Å²) >= 11 is 1.41.